The molecule has 1 aromatic carbocycles. The minimum absolute atomic E-state index is 0.0119. The highest BCUT2D eigenvalue weighted by Gasteiger charge is 2.10. The molecule has 0 saturated carbocycles. The van der Waals surface area contributed by atoms with Crippen LogP contribution in [-0.4, -0.2) is 17.2 Å². The lowest BCUT2D eigenvalue weighted by Gasteiger charge is -2.10. The van der Waals surface area contributed by atoms with Gasteiger partial charge in [-0.15, -0.1) is 0 Å². The first kappa shape index (κ1) is 10.9. The summed E-state index contributed by atoms with van der Waals surface area (Å²) in [6.45, 7) is 3.74. The summed E-state index contributed by atoms with van der Waals surface area (Å²) < 4.78 is 5.34. The molecule has 0 radical (unpaired) electrons. The van der Waals surface area contributed by atoms with Crippen molar-refractivity contribution in [1.82, 2.24) is 0 Å². The number of hydrogen-bond donors (Lipinski definition) is 1. The van der Waals surface area contributed by atoms with Crippen molar-refractivity contribution < 1.29 is 14.6 Å². The van der Waals surface area contributed by atoms with Crippen LogP contribution in [0.15, 0.2) is 18.2 Å². The number of hydrogen-bond acceptors (Lipinski definition) is 2. The quantitative estimate of drug-likeness (QED) is 0.842. The fourth-order valence-electron chi connectivity index (χ4n) is 1.01. The first-order chi connectivity index (χ1) is 6.50. The second-order valence-electron chi connectivity index (χ2n) is 3.11. The Morgan fingerprint density at radius 2 is 2.14 bits per heavy atom. The van der Waals surface area contributed by atoms with Crippen LogP contribution in [0.3, 0.4) is 0 Å². The van der Waals surface area contributed by atoms with E-state index in [1.807, 2.05) is 13.8 Å². The Morgan fingerprint density at radius 1 is 1.50 bits per heavy atom. The van der Waals surface area contributed by atoms with Crippen molar-refractivity contribution in [3.8, 4) is 5.75 Å². The van der Waals surface area contributed by atoms with Gasteiger partial charge in [0.1, 0.15) is 5.75 Å². The molecule has 14 heavy (non-hydrogen) atoms. The number of halogens is 1. The number of carboxylic acids is 1. The van der Waals surface area contributed by atoms with Gasteiger partial charge in [0, 0.05) is 0 Å². The Bertz CT molecular complexity index is 347. The van der Waals surface area contributed by atoms with Gasteiger partial charge in [0.15, 0.2) is 0 Å². The molecule has 1 rings (SSSR count). The predicted octanol–water partition coefficient (Wildman–Crippen LogP) is 2.83. The molecule has 0 heterocycles. The second kappa shape index (κ2) is 4.33. The summed E-state index contributed by atoms with van der Waals surface area (Å²) in [5.74, 6) is -0.536. The fraction of sp³-hybridized carbons (Fsp3) is 0.300. The molecule has 3 nitrogen and oxygen atoms in total. The topological polar surface area (TPSA) is 46.5 Å². The number of ether oxygens (including phenoxy) is 1. The maximum atomic E-state index is 10.7. The molecular weight excluding hydrogens is 204 g/mol. The highest BCUT2D eigenvalue weighted by molar-refractivity contribution is 6.33. The third-order valence-electron chi connectivity index (χ3n) is 1.54. The summed E-state index contributed by atoms with van der Waals surface area (Å²) in [6, 6.07) is 4.59. The molecule has 0 saturated heterocycles. The second-order valence-corrected chi connectivity index (χ2v) is 3.52. The molecule has 0 amide bonds. The number of carboxylic acid groups (broad SMARTS) is 1. The zero-order chi connectivity index (χ0) is 10.7. The summed E-state index contributed by atoms with van der Waals surface area (Å²) in [5, 5.41) is 9.00. The van der Waals surface area contributed by atoms with Crippen molar-refractivity contribution in [2.75, 3.05) is 0 Å². The summed E-state index contributed by atoms with van der Waals surface area (Å²) in [4.78, 5) is 10.7. The monoisotopic (exact) mass is 214 g/mol. The van der Waals surface area contributed by atoms with Crippen LogP contribution >= 0.6 is 11.6 Å². The largest absolute Gasteiger partial charge is 0.491 e. The summed E-state index contributed by atoms with van der Waals surface area (Å²) in [6.07, 6.45) is 0.0119. The van der Waals surface area contributed by atoms with Gasteiger partial charge in [0.2, 0.25) is 0 Å². The number of carbonyl (C=O) groups is 1. The van der Waals surface area contributed by atoms with E-state index in [4.69, 9.17) is 21.4 Å². The van der Waals surface area contributed by atoms with Crippen LogP contribution in [0.4, 0.5) is 0 Å². The van der Waals surface area contributed by atoms with E-state index >= 15 is 0 Å². The molecule has 0 bridgehead atoms. The Labute approximate surface area is 87.3 Å². The lowest BCUT2D eigenvalue weighted by Crippen LogP contribution is -2.06. The highest BCUT2D eigenvalue weighted by atomic mass is 35.5. The van der Waals surface area contributed by atoms with E-state index in [1.54, 1.807) is 6.07 Å². The maximum absolute atomic E-state index is 10.7. The zero-order valence-electron chi connectivity index (χ0n) is 7.95. The van der Waals surface area contributed by atoms with Crippen LogP contribution in [-0.2, 0) is 0 Å². The Balaban J connectivity index is 3.00. The zero-order valence-corrected chi connectivity index (χ0v) is 8.71. The standard InChI is InChI=1S/C10H11ClO3/c1-6(2)14-7-3-4-9(11)8(5-7)10(12)13/h3-6H,1-2H3,(H,12,13). The van der Waals surface area contributed by atoms with Crippen LogP contribution in [0.25, 0.3) is 0 Å². The van der Waals surface area contributed by atoms with E-state index in [0.717, 1.165) is 0 Å². The molecule has 0 fully saturated rings. The minimum Gasteiger partial charge on any atom is -0.491 e. The third kappa shape index (κ3) is 2.64. The average Bonchev–Trinajstić information content (AvgIpc) is 2.07. The van der Waals surface area contributed by atoms with E-state index in [-0.39, 0.29) is 16.7 Å². The number of benzene rings is 1. The van der Waals surface area contributed by atoms with Gasteiger partial charge >= 0.3 is 5.97 Å². The third-order valence-corrected chi connectivity index (χ3v) is 1.87. The first-order valence-electron chi connectivity index (χ1n) is 4.20. The molecular formula is C10H11ClO3. The van der Waals surface area contributed by atoms with Crippen molar-refractivity contribution in [3.05, 3.63) is 28.8 Å². The molecule has 0 aliphatic rings. The van der Waals surface area contributed by atoms with Gasteiger partial charge in [-0.3, -0.25) is 0 Å². The lowest BCUT2D eigenvalue weighted by atomic mass is 10.2. The van der Waals surface area contributed by atoms with Gasteiger partial charge in [-0.2, -0.15) is 0 Å². The summed E-state index contributed by atoms with van der Waals surface area (Å²) in [5.41, 5.74) is 0.0600. The van der Waals surface area contributed by atoms with Crippen LogP contribution in [0.2, 0.25) is 5.02 Å². The molecule has 76 valence electrons. The van der Waals surface area contributed by atoms with Crippen LogP contribution < -0.4 is 4.74 Å². The van der Waals surface area contributed by atoms with Gasteiger partial charge in [-0.05, 0) is 32.0 Å². The molecule has 1 aromatic rings. The molecule has 0 spiro atoms. The fourth-order valence-corrected chi connectivity index (χ4v) is 1.21. The molecule has 1 N–H and O–H groups in total. The Morgan fingerprint density at radius 3 is 2.64 bits per heavy atom. The minimum atomic E-state index is -1.05. The molecule has 0 aliphatic heterocycles. The molecule has 0 unspecified atom stereocenters. The lowest BCUT2D eigenvalue weighted by molar-refractivity contribution is 0.0696. The maximum Gasteiger partial charge on any atom is 0.337 e. The molecule has 4 heteroatoms. The smallest absolute Gasteiger partial charge is 0.337 e. The van der Waals surface area contributed by atoms with Gasteiger partial charge in [0.05, 0.1) is 16.7 Å². The highest BCUT2D eigenvalue weighted by Crippen LogP contribution is 2.22. The van der Waals surface area contributed by atoms with Crippen LogP contribution in [0.5, 0.6) is 5.75 Å². The van der Waals surface area contributed by atoms with Gasteiger partial charge in [0.25, 0.3) is 0 Å². The van der Waals surface area contributed by atoms with Crippen molar-refractivity contribution in [2.45, 2.75) is 20.0 Å². The van der Waals surface area contributed by atoms with Crippen LogP contribution in [0, 0.1) is 0 Å². The Kier molecular flexibility index (Phi) is 3.36. The first-order valence-corrected chi connectivity index (χ1v) is 4.58. The number of rotatable bonds is 3. The number of aromatic carboxylic acids is 1. The van der Waals surface area contributed by atoms with Crippen molar-refractivity contribution in [3.63, 3.8) is 0 Å². The van der Waals surface area contributed by atoms with E-state index in [0.29, 0.717) is 5.75 Å². The van der Waals surface area contributed by atoms with E-state index in [2.05, 4.69) is 0 Å². The average molecular weight is 215 g/mol. The SMILES string of the molecule is CC(C)Oc1ccc(Cl)c(C(=O)O)c1. The van der Waals surface area contributed by atoms with Crippen LogP contribution in [0.1, 0.15) is 24.2 Å². The van der Waals surface area contributed by atoms with Crippen molar-refractivity contribution >= 4 is 17.6 Å². The van der Waals surface area contributed by atoms with Gasteiger partial charge < -0.3 is 9.84 Å². The summed E-state index contributed by atoms with van der Waals surface area (Å²) in [7, 11) is 0. The van der Waals surface area contributed by atoms with E-state index in [1.165, 1.54) is 12.1 Å². The van der Waals surface area contributed by atoms with Gasteiger partial charge in [-0.1, -0.05) is 11.6 Å². The predicted molar refractivity (Wildman–Crippen MR) is 54.2 cm³/mol. The van der Waals surface area contributed by atoms with E-state index < -0.39 is 5.97 Å². The molecule has 0 aromatic heterocycles. The molecule has 0 atom stereocenters. The van der Waals surface area contributed by atoms with Crippen molar-refractivity contribution in [2.24, 2.45) is 0 Å². The molecule has 0 aliphatic carbocycles. The van der Waals surface area contributed by atoms with Crippen molar-refractivity contribution in [1.29, 1.82) is 0 Å². The summed E-state index contributed by atoms with van der Waals surface area (Å²) >= 11 is 5.69. The van der Waals surface area contributed by atoms with E-state index in [9.17, 15) is 4.79 Å². The Hall–Kier alpha value is -1.22. The van der Waals surface area contributed by atoms with Gasteiger partial charge in [-0.25, -0.2) is 4.79 Å². The normalized spacial score (nSPS) is 10.3.